The summed E-state index contributed by atoms with van der Waals surface area (Å²) in [6.45, 7) is 10.4. The molecular formula is C29H34N4O3. The minimum absolute atomic E-state index is 0.0370. The zero-order valence-corrected chi connectivity index (χ0v) is 21.3. The molecule has 1 fully saturated rings. The van der Waals surface area contributed by atoms with E-state index in [1.165, 1.54) is 0 Å². The quantitative estimate of drug-likeness (QED) is 0.423. The molecule has 2 aromatic carbocycles. The average molecular weight is 487 g/mol. The van der Waals surface area contributed by atoms with Gasteiger partial charge in [-0.05, 0) is 61.4 Å². The first-order chi connectivity index (χ1) is 17.5. The summed E-state index contributed by atoms with van der Waals surface area (Å²) in [5, 5.41) is 0. The minimum Gasteiger partial charge on any atom is -0.462 e. The summed E-state index contributed by atoms with van der Waals surface area (Å²) < 4.78 is 5.06. The third kappa shape index (κ3) is 6.03. The van der Waals surface area contributed by atoms with Crippen LogP contribution in [0.1, 0.15) is 41.5 Å². The summed E-state index contributed by atoms with van der Waals surface area (Å²) >= 11 is 0. The smallest absolute Gasteiger partial charge is 0.338 e. The summed E-state index contributed by atoms with van der Waals surface area (Å²) in [6, 6.07) is 21.2. The highest BCUT2D eigenvalue weighted by molar-refractivity contribution is 6.06. The second-order valence-electron chi connectivity index (χ2n) is 9.29. The van der Waals surface area contributed by atoms with Gasteiger partial charge in [0.25, 0.3) is 5.91 Å². The van der Waals surface area contributed by atoms with E-state index in [9.17, 15) is 9.59 Å². The number of para-hydroxylation sites is 1. The highest BCUT2D eigenvalue weighted by atomic mass is 16.5. The SMILES string of the molecule is CCOC(=O)c1ccc(N2CCN(c3ccc(C(=O)N(CC(C)C)c4ccccc4)cn3)CC2)cc1. The van der Waals surface area contributed by atoms with Gasteiger partial charge in [-0.2, -0.15) is 0 Å². The molecule has 1 saturated heterocycles. The standard InChI is InChI=1S/C29H34N4O3/c1-4-36-29(35)23-10-13-25(14-11-23)31-16-18-32(19-17-31)27-15-12-24(20-30-27)28(34)33(21-22(2)3)26-8-6-5-7-9-26/h5-15,20,22H,4,16-19,21H2,1-3H3. The van der Waals surface area contributed by atoms with Crippen LogP contribution in [-0.2, 0) is 4.74 Å². The predicted octanol–water partition coefficient (Wildman–Crippen LogP) is 4.89. The van der Waals surface area contributed by atoms with Gasteiger partial charge >= 0.3 is 5.97 Å². The number of carbonyl (C=O) groups excluding carboxylic acids is 2. The number of hydrogen-bond acceptors (Lipinski definition) is 6. The van der Waals surface area contributed by atoms with Crippen LogP contribution in [0.15, 0.2) is 72.9 Å². The molecule has 0 spiro atoms. The second-order valence-corrected chi connectivity index (χ2v) is 9.29. The highest BCUT2D eigenvalue weighted by Crippen LogP contribution is 2.22. The Kier molecular flexibility index (Phi) is 8.21. The van der Waals surface area contributed by atoms with Gasteiger partial charge in [-0.25, -0.2) is 9.78 Å². The van der Waals surface area contributed by atoms with Gasteiger partial charge in [-0.3, -0.25) is 4.79 Å². The molecule has 0 N–H and O–H groups in total. The maximum Gasteiger partial charge on any atom is 0.338 e. The van der Waals surface area contributed by atoms with Gasteiger partial charge in [0.2, 0.25) is 0 Å². The zero-order valence-electron chi connectivity index (χ0n) is 21.3. The number of pyridine rings is 1. The Bertz CT molecular complexity index is 1140. The summed E-state index contributed by atoms with van der Waals surface area (Å²) in [5.74, 6) is 0.890. The van der Waals surface area contributed by atoms with Crippen molar-refractivity contribution in [2.45, 2.75) is 20.8 Å². The summed E-state index contributed by atoms with van der Waals surface area (Å²) in [6.07, 6.45) is 1.69. The number of rotatable bonds is 8. The third-order valence-electron chi connectivity index (χ3n) is 6.20. The maximum absolute atomic E-state index is 13.3. The molecule has 0 saturated carbocycles. The minimum atomic E-state index is -0.294. The Morgan fingerprint density at radius 1 is 0.889 bits per heavy atom. The van der Waals surface area contributed by atoms with Crippen molar-refractivity contribution in [2.75, 3.05) is 54.0 Å². The van der Waals surface area contributed by atoms with Crippen LogP contribution in [0.5, 0.6) is 0 Å². The van der Waals surface area contributed by atoms with Crippen molar-refractivity contribution in [3.63, 3.8) is 0 Å². The molecule has 0 bridgehead atoms. The lowest BCUT2D eigenvalue weighted by Crippen LogP contribution is -2.46. The van der Waals surface area contributed by atoms with E-state index in [1.54, 1.807) is 13.1 Å². The fourth-order valence-corrected chi connectivity index (χ4v) is 4.35. The predicted molar refractivity (Wildman–Crippen MR) is 144 cm³/mol. The fourth-order valence-electron chi connectivity index (χ4n) is 4.35. The number of nitrogens with zero attached hydrogens (tertiary/aromatic N) is 4. The Labute approximate surface area is 213 Å². The van der Waals surface area contributed by atoms with Gasteiger partial charge in [0.15, 0.2) is 0 Å². The number of aromatic nitrogens is 1. The first-order valence-corrected chi connectivity index (χ1v) is 12.6. The molecule has 4 rings (SSSR count). The Balaban J connectivity index is 1.38. The van der Waals surface area contributed by atoms with Crippen LogP contribution < -0.4 is 14.7 Å². The number of hydrogen-bond donors (Lipinski definition) is 0. The fraction of sp³-hybridized carbons (Fsp3) is 0.345. The van der Waals surface area contributed by atoms with Crippen molar-refractivity contribution >= 4 is 29.1 Å². The molecule has 0 unspecified atom stereocenters. The molecule has 0 radical (unpaired) electrons. The van der Waals surface area contributed by atoms with Crippen LogP contribution >= 0.6 is 0 Å². The number of piperazine rings is 1. The van der Waals surface area contributed by atoms with Gasteiger partial charge in [-0.1, -0.05) is 32.0 Å². The van der Waals surface area contributed by atoms with E-state index in [2.05, 4.69) is 28.6 Å². The molecule has 1 aliphatic heterocycles. The van der Waals surface area contributed by atoms with Crippen molar-refractivity contribution in [2.24, 2.45) is 5.92 Å². The molecule has 36 heavy (non-hydrogen) atoms. The Morgan fingerprint density at radius 2 is 1.53 bits per heavy atom. The zero-order chi connectivity index (χ0) is 25.5. The monoisotopic (exact) mass is 486 g/mol. The van der Waals surface area contributed by atoms with E-state index >= 15 is 0 Å². The lowest BCUT2D eigenvalue weighted by Gasteiger charge is -2.36. The summed E-state index contributed by atoms with van der Waals surface area (Å²) in [5.41, 5.74) is 3.13. The van der Waals surface area contributed by atoms with Crippen molar-refractivity contribution in [1.82, 2.24) is 4.98 Å². The van der Waals surface area contributed by atoms with E-state index in [4.69, 9.17) is 4.74 Å². The first-order valence-electron chi connectivity index (χ1n) is 12.6. The highest BCUT2D eigenvalue weighted by Gasteiger charge is 2.22. The van der Waals surface area contributed by atoms with Crippen LogP contribution in [0.4, 0.5) is 17.2 Å². The van der Waals surface area contributed by atoms with Crippen LogP contribution in [0.25, 0.3) is 0 Å². The average Bonchev–Trinajstić information content (AvgIpc) is 2.92. The van der Waals surface area contributed by atoms with Gasteiger partial charge in [-0.15, -0.1) is 0 Å². The summed E-state index contributed by atoms with van der Waals surface area (Å²) in [7, 11) is 0. The molecule has 0 aliphatic carbocycles. The molecule has 0 atom stereocenters. The summed E-state index contributed by atoms with van der Waals surface area (Å²) in [4.78, 5) is 36.2. The van der Waals surface area contributed by atoms with Crippen molar-refractivity contribution in [3.8, 4) is 0 Å². The van der Waals surface area contributed by atoms with Crippen molar-refractivity contribution < 1.29 is 14.3 Å². The van der Waals surface area contributed by atoms with Gasteiger partial charge in [0.1, 0.15) is 5.82 Å². The van der Waals surface area contributed by atoms with E-state index in [1.807, 2.05) is 71.6 Å². The van der Waals surface area contributed by atoms with Crippen molar-refractivity contribution in [3.05, 3.63) is 84.1 Å². The number of esters is 1. The lowest BCUT2D eigenvalue weighted by atomic mass is 10.1. The number of ether oxygens (including phenoxy) is 1. The molecule has 7 nitrogen and oxygen atoms in total. The van der Waals surface area contributed by atoms with Crippen LogP contribution in [0.3, 0.4) is 0 Å². The van der Waals surface area contributed by atoms with Gasteiger partial charge in [0, 0.05) is 50.3 Å². The number of amides is 1. The molecular weight excluding hydrogens is 452 g/mol. The molecule has 3 aromatic rings. The lowest BCUT2D eigenvalue weighted by molar-refractivity contribution is 0.0526. The Morgan fingerprint density at radius 3 is 2.11 bits per heavy atom. The van der Waals surface area contributed by atoms with E-state index in [0.717, 1.165) is 43.4 Å². The van der Waals surface area contributed by atoms with E-state index < -0.39 is 0 Å². The maximum atomic E-state index is 13.3. The third-order valence-corrected chi connectivity index (χ3v) is 6.20. The molecule has 188 valence electrons. The number of anilines is 3. The molecule has 1 aromatic heterocycles. The van der Waals surface area contributed by atoms with Crippen LogP contribution in [0, 0.1) is 5.92 Å². The number of benzene rings is 2. The molecule has 1 amide bonds. The normalized spacial score (nSPS) is 13.6. The topological polar surface area (TPSA) is 66.0 Å². The number of carbonyl (C=O) groups is 2. The van der Waals surface area contributed by atoms with E-state index in [-0.39, 0.29) is 11.9 Å². The van der Waals surface area contributed by atoms with Crippen LogP contribution in [0.2, 0.25) is 0 Å². The second kappa shape index (κ2) is 11.7. The van der Waals surface area contributed by atoms with Crippen molar-refractivity contribution in [1.29, 1.82) is 0 Å². The first kappa shape index (κ1) is 25.2. The molecule has 1 aliphatic rings. The van der Waals surface area contributed by atoms with Crippen LogP contribution in [-0.4, -0.2) is 56.2 Å². The molecule has 7 heteroatoms. The Hall–Kier alpha value is -3.87. The van der Waals surface area contributed by atoms with Gasteiger partial charge < -0.3 is 19.4 Å². The molecule has 2 heterocycles. The van der Waals surface area contributed by atoms with Gasteiger partial charge in [0.05, 0.1) is 17.7 Å². The van der Waals surface area contributed by atoms with E-state index in [0.29, 0.717) is 30.2 Å². The largest absolute Gasteiger partial charge is 0.462 e.